The van der Waals surface area contributed by atoms with Gasteiger partial charge in [-0.3, -0.25) is 0 Å². The fourth-order valence-corrected chi connectivity index (χ4v) is 3.53. The molecule has 1 aromatic rings. The van der Waals surface area contributed by atoms with Crippen molar-refractivity contribution in [2.45, 2.75) is 56.8 Å². The average Bonchev–Trinajstić information content (AvgIpc) is 2.68. The van der Waals surface area contributed by atoms with Crippen molar-refractivity contribution >= 4 is 0 Å². The zero-order chi connectivity index (χ0) is 10.1. The second-order valence-corrected chi connectivity index (χ2v) is 5.25. The molecular weight excluding hydrogens is 180 g/mol. The highest BCUT2D eigenvalue weighted by Crippen LogP contribution is 2.47. The Kier molecular flexibility index (Phi) is 2.52. The number of hydrogen-bond donors (Lipinski definition) is 0. The molecule has 0 heterocycles. The van der Waals surface area contributed by atoms with E-state index in [1.807, 2.05) is 0 Å². The molecule has 3 rings (SSSR count). The second-order valence-electron chi connectivity index (χ2n) is 5.25. The lowest BCUT2D eigenvalue weighted by molar-refractivity contribution is 0.540. The fraction of sp³-hybridized carbons (Fsp3) is 0.600. The van der Waals surface area contributed by atoms with Crippen molar-refractivity contribution in [3.05, 3.63) is 35.4 Å². The molecule has 15 heavy (non-hydrogen) atoms. The number of rotatable bonds is 0. The first kappa shape index (κ1) is 9.45. The van der Waals surface area contributed by atoms with Crippen LogP contribution < -0.4 is 0 Å². The normalized spacial score (nSPS) is 30.1. The van der Waals surface area contributed by atoms with Gasteiger partial charge in [0.05, 0.1) is 0 Å². The Balaban J connectivity index is 1.95. The van der Waals surface area contributed by atoms with Crippen LogP contribution in [0.4, 0.5) is 0 Å². The van der Waals surface area contributed by atoms with Gasteiger partial charge in [-0.2, -0.15) is 0 Å². The molecule has 0 saturated heterocycles. The van der Waals surface area contributed by atoms with Gasteiger partial charge < -0.3 is 0 Å². The summed E-state index contributed by atoms with van der Waals surface area (Å²) < 4.78 is 0. The minimum Gasteiger partial charge on any atom is -0.0620 e. The van der Waals surface area contributed by atoms with Crippen LogP contribution in [0, 0.1) is 0 Å². The van der Waals surface area contributed by atoms with Crippen molar-refractivity contribution in [3.63, 3.8) is 0 Å². The standard InChI is InChI=1S/C15H20/c1-2-4-8-13-11-12(7-3-1)14-9-5-6-10-15(13)14/h5-6,9-10,12-13H,1-4,7-8,11H2. The zero-order valence-electron chi connectivity index (χ0n) is 9.41. The largest absolute Gasteiger partial charge is 0.0620 e. The number of fused-ring (bicyclic) bond motifs is 5. The summed E-state index contributed by atoms with van der Waals surface area (Å²) in [7, 11) is 0. The third-order valence-corrected chi connectivity index (χ3v) is 4.30. The Labute approximate surface area is 92.7 Å². The lowest BCUT2D eigenvalue weighted by Gasteiger charge is -2.11. The van der Waals surface area contributed by atoms with Crippen molar-refractivity contribution < 1.29 is 0 Å². The van der Waals surface area contributed by atoms with Gasteiger partial charge in [0.2, 0.25) is 0 Å². The maximum atomic E-state index is 2.38. The first-order valence-corrected chi connectivity index (χ1v) is 6.54. The van der Waals surface area contributed by atoms with Crippen LogP contribution in [0.1, 0.15) is 67.9 Å². The van der Waals surface area contributed by atoms with Crippen molar-refractivity contribution in [1.29, 1.82) is 0 Å². The van der Waals surface area contributed by atoms with E-state index in [-0.39, 0.29) is 0 Å². The van der Waals surface area contributed by atoms with Crippen molar-refractivity contribution in [1.82, 2.24) is 0 Å². The molecule has 2 aliphatic rings. The van der Waals surface area contributed by atoms with Crippen LogP contribution in [0.3, 0.4) is 0 Å². The number of hydrogen-bond acceptors (Lipinski definition) is 0. The summed E-state index contributed by atoms with van der Waals surface area (Å²) in [4.78, 5) is 0. The lowest BCUT2D eigenvalue weighted by Crippen LogP contribution is -1.93. The van der Waals surface area contributed by atoms with Crippen LogP contribution in [-0.4, -0.2) is 0 Å². The Morgan fingerprint density at radius 3 is 1.80 bits per heavy atom. The van der Waals surface area contributed by atoms with Gasteiger partial charge >= 0.3 is 0 Å². The highest BCUT2D eigenvalue weighted by molar-refractivity contribution is 5.38. The first-order chi connectivity index (χ1) is 7.45. The minimum atomic E-state index is 0.893. The van der Waals surface area contributed by atoms with Crippen LogP contribution in [0.5, 0.6) is 0 Å². The van der Waals surface area contributed by atoms with Crippen LogP contribution >= 0.6 is 0 Å². The molecule has 2 aliphatic carbocycles. The summed E-state index contributed by atoms with van der Waals surface area (Å²) in [6.45, 7) is 0. The van der Waals surface area contributed by atoms with E-state index >= 15 is 0 Å². The molecule has 1 saturated carbocycles. The van der Waals surface area contributed by atoms with E-state index in [0.29, 0.717) is 0 Å². The molecule has 1 fully saturated rings. The summed E-state index contributed by atoms with van der Waals surface area (Å²) in [5.74, 6) is 1.79. The molecule has 0 radical (unpaired) electrons. The zero-order valence-corrected chi connectivity index (χ0v) is 9.41. The van der Waals surface area contributed by atoms with E-state index in [2.05, 4.69) is 24.3 Å². The molecule has 0 amide bonds. The Morgan fingerprint density at radius 1 is 0.733 bits per heavy atom. The van der Waals surface area contributed by atoms with Gasteiger partial charge in [0.1, 0.15) is 0 Å². The van der Waals surface area contributed by atoms with Crippen LogP contribution in [0.25, 0.3) is 0 Å². The van der Waals surface area contributed by atoms with Crippen LogP contribution in [0.2, 0.25) is 0 Å². The quantitative estimate of drug-likeness (QED) is 0.573. The molecule has 0 aromatic heterocycles. The van der Waals surface area contributed by atoms with E-state index in [1.165, 1.54) is 44.9 Å². The van der Waals surface area contributed by atoms with Crippen LogP contribution in [0.15, 0.2) is 24.3 Å². The average molecular weight is 200 g/mol. The lowest BCUT2D eigenvalue weighted by atomic mass is 9.94. The summed E-state index contributed by atoms with van der Waals surface area (Å²) in [6, 6.07) is 9.20. The van der Waals surface area contributed by atoms with Crippen LogP contribution in [-0.2, 0) is 0 Å². The second kappa shape index (κ2) is 4.00. The summed E-state index contributed by atoms with van der Waals surface area (Å²) in [5.41, 5.74) is 3.37. The predicted molar refractivity (Wildman–Crippen MR) is 64.2 cm³/mol. The molecule has 0 spiro atoms. The van der Waals surface area contributed by atoms with Gasteiger partial charge in [-0.1, -0.05) is 49.9 Å². The summed E-state index contributed by atoms with van der Waals surface area (Å²) in [6.07, 6.45) is 10.1. The van der Waals surface area contributed by atoms with Gasteiger partial charge in [-0.05, 0) is 42.2 Å². The molecule has 2 bridgehead atoms. The van der Waals surface area contributed by atoms with Crippen molar-refractivity contribution in [3.8, 4) is 0 Å². The van der Waals surface area contributed by atoms with Crippen molar-refractivity contribution in [2.75, 3.05) is 0 Å². The van der Waals surface area contributed by atoms with E-state index < -0.39 is 0 Å². The molecule has 0 N–H and O–H groups in total. The smallest absolute Gasteiger partial charge is 0.0153 e. The molecular formula is C15H20. The molecule has 80 valence electrons. The maximum Gasteiger partial charge on any atom is -0.0153 e. The predicted octanol–water partition coefficient (Wildman–Crippen LogP) is 4.61. The van der Waals surface area contributed by atoms with Gasteiger partial charge in [0.15, 0.2) is 0 Å². The molecule has 2 atom stereocenters. The van der Waals surface area contributed by atoms with Gasteiger partial charge in [-0.15, -0.1) is 0 Å². The number of benzene rings is 1. The van der Waals surface area contributed by atoms with E-state index in [1.54, 1.807) is 11.1 Å². The minimum absolute atomic E-state index is 0.893. The van der Waals surface area contributed by atoms with Crippen molar-refractivity contribution in [2.24, 2.45) is 0 Å². The maximum absolute atomic E-state index is 2.38. The molecule has 0 heteroatoms. The van der Waals surface area contributed by atoms with Gasteiger partial charge in [0, 0.05) is 0 Å². The topological polar surface area (TPSA) is 0 Å². The molecule has 2 unspecified atom stereocenters. The van der Waals surface area contributed by atoms with E-state index in [9.17, 15) is 0 Å². The molecule has 0 nitrogen and oxygen atoms in total. The van der Waals surface area contributed by atoms with Gasteiger partial charge in [0.25, 0.3) is 0 Å². The highest BCUT2D eigenvalue weighted by atomic mass is 14.3. The third kappa shape index (κ3) is 1.71. The summed E-state index contributed by atoms with van der Waals surface area (Å²) >= 11 is 0. The monoisotopic (exact) mass is 200 g/mol. The molecule has 1 aromatic carbocycles. The van der Waals surface area contributed by atoms with Gasteiger partial charge in [-0.25, -0.2) is 0 Å². The summed E-state index contributed by atoms with van der Waals surface area (Å²) in [5, 5.41) is 0. The van der Waals surface area contributed by atoms with E-state index in [4.69, 9.17) is 0 Å². The Bertz CT molecular complexity index is 307. The Hall–Kier alpha value is -0.780. The first-order valence-electron chi connectivity index (χ1n) is 6.54. The SMILES string of the molecule is c1ccc2c(c1)C1CCCCCCC2C1. The highest BCUT2D eigenvalue weighted by Gasteiger charge is 2.30. The molecule has 0 aliphatic heterocycles. The van der Waals surface area contributed by atoms with E-state index in [0.717, 1.165) is 11.8 Å². The third-order valence-electron chi connectivity index (χ3n) is 4.30. The fourth-order valence-electron chi connectivity index (χ4n) is 3.53. The Morgan fingerprint density at radius 2 is 1.27 bits per heavy atom.